The van der Waals surface area contributed by atoms with Gasteiger partial charge in [0.15, 0.2) is 5.78 Å². The van der Waals surface area contributed by atoms with Gasteiger partial charge in [-0.2, -0.15) is 0 Å². The lowest BCUT2D eigenvalue weighted by Gasteiger charge is -2.41. The predicted octanol–water partition coefficient (Wildman–Crippen LogP) is 0.598. The normalized spacial score (nSPS) is 60.6. The molecule has 8 aliphatic rings. The van der Waals surface area contributed by atoms with Gasteiger partial charge in [-0.1, -0.05) is 6.92 Å². The molecule has 6 saturated heterocycles. The molecule has 8 rings (SSSR count). The molecule has 11 heteroatoms. The lowest BCUT2D eigenvalue weighted by molar-refractivity contribution is -0.265. The van der Waals surface area contributed by atoms with Gasteiger partial charge in [0.2, 0.25) is 11.6 Å². The summed E-state index contributed by atoms with van der Waals surface area (Å²) >= 11 is 0. The minimum absolute atomic E-state index is 0.0538. The van der Waals surface area contributed by atoms with Crippen LogP contribution in [0.4, 0.5) is 0 Å². The maximum atomic E-state index is 14.5. The number of carbonyl (C=O) groups is 4. The molecule has 0 amide bonds. The third-order valence-electron chi connectivity index (χ3n) is 12.4. The van der Waals surface area contributed by atoms with Crippen molar-refractivity contribution in [2.75, 3.05) is 0 Å². The molecule has 11 nitrogen and oxygen atoms in total. The number of hydrogen-bond donors (Lipinski definition) is 2. The van der Waals surface area contributed by atoms with E-state index in [0.717, 1.165) is 0 Å². The number of carbonyl (C=O) groups excluding carboxylic acids is 4. The van der Waals surface area contributed by atoms with Crippen molar-refractivity contribution < 1.29 is 53.1 Å². The summed E-state index contributed by atoms with van der Waals surface area (Å²) in [4.78, 5) is 53.9. The Labute approximate surface area is 231 Å². The van der Waals surface area contributed by atoms with Crippen molar-refractivity contribution in [3.05, 3.63) is 0 Å². The molecule has 2 bridgehead atoms. The first-order chi connectivity index (χ1) is 18.5. The van der Waals surface area contributed by atoms with E-state index in [1.54, 1.807) is 20.8 Å². The van der Waals surface area contributed by atoms with E-state index in [0.29, 0.717) is 0 Å². The van der Waals surface area contributed by atoms with Crippen LogP contribution < -0.4 is 0 Å². The van der Waals surface area contributed by atoms with E-state index >= 15 is 0 Å². The summed E-state index contributed by atoms with van der Waals surface area (Å²) in [6, 6.07) is 0. The van der Waals surface area contributed by atoms with Gasteiger partial charge in [-0.25, -0.2) is 0 Å². The van der Waals surface area contributed by atoms with Gasteiger partial charge in [0, 0.05) is 29.6 Å². The van der Waals surface area contributed by atoms with Crippen LogP contribution >= 0.6 is 0 Å². The molecular formula is C29H36O11. The zero-order valence-electron chi connectivity index (χ0n) is 23.3. The van der Waals surface area contributed by atoms with Crippen LogP contribution in [-0.4, -0.2) is 86.3 Å². The van der Waals surface area contributed by atoms with Crippen molar-refractivity contribution >= 4 is 23.5 Å². The fourth-order valence-electron chi connectivity index (χ4n) is 10.9. The minimum atomic E-state index is -2.44. The molecule has 14 atom stereocenters. The first kappa shape index (κ1) is 25.8. The Balaban J connectivity index is 1.28. The monoisotopic (exact) mass is 560 g/mol. The van der Waals surface area contributed by atoms with Crippen molar-refractivity contribution in [1.29, 1.82) is 0 Å². The van der Waals surface area contributed by atoms with Crippen molar-refractivity contribution in [1.82, 2.24) is 0 Å². The minimum Gasteiger partial charge on any atom is -0.459 e. The molecule has 2 spiro atoms. The summed E-state index contributed by atoms with van der Waals surface area (Å²) in [6.07, 6.45) is -2.62. The highest BCUT2D eigenvalue weighted by Gasteiger charge is 2.84. The van der Waals surface area contributed by atoms with E-state index in [2.05, 4.69) is 0 Å². The molecule has 2 N–H and O–H groups in total. The van der Waals surface area contributed by atoms with Gasteiger partial charge in [0.1, 0.15) is 29.5 Å². The van der Waals surface area contributed by atoms with Gasteiger partial charge in [-0.15, -0.1) is 0 Å². The smallest absolute Gasteiger partial charge is 0.311 e. The zero-order chi connectivity index (χ0) is 28.6. The van der Waals surface area contributed by atoms with Gasteiger partial charge < -0.3 is 33.9 Å². The van der Waals surface area contributed by atoms with Crippen LogP contribution in [0.3, 0.4) is 0 Å². The largest absolute Gasteiger partial charge is 0.459 e. The average Bonchev–Trinajstić information content (AvgIpc) is 3.52. The third kappa shape index (κ3) is 2.55. The Kier molecular flexibility index (Phi) is 4.50. The number of aliphatic hydroxyl groups excluding tert-OH is 1. The zero-order valence-corrected chi connectivity index (χ0v) is 23.3. The number of hydrogen-bond acceptors (Lipinski definition) is 11. The SMILES string of the molecule is CC1C(=O)OC2C1OC1(C)C(=O)C3(C)CCC45CC67OC(=O)CC6OC(C)(C)C7CC(O)C4C(=O)C(O)(O5)C3C21. The molecule has 0 aromatic rings. The van der Waals surface area contributed by atoms with Gasteiger partial charge in [0.05, 0.1) is 35.6 Å². The maximum Gasteiger partial charge on any atom is 0.311 e. The Morgan fingerprint density at radius 1 is 0.975 bits per heavy atom. The maximum absolute atomic E-state index is 14.5. The fourth-order valence-corrected chi connectivity index (χ4v) is 10.9. The van der Waals surface area contributed by atoms with Gasteiger partial charge >= 0.3 is 11.9 Å². The molecule has 6 heterocycles. The average molecular weight is 561 g/mol. The Bertz CT molecular complexity index is 1290. The Hall–Kier alpha value is -1.92. The second-order valence-corrected chi connectivity index (χ2v) is 14.7. The van der Waals surface area contributed by atoms with E-state index < -0.39 is 105 Å². The lowest BCUT2D eigenvalue weighted by Crippen LogP contribution is -2.55. The van der Waals surface area contributed by atoms with Crippen molar-refractivity contribution in [3.63, 3.8) is 0 Å². The third-order valence-corrected chi connectivity index (χ3v) is 12.4. The van der Waals surface area contributed by atoms with Crippen molar-refractivity contribution in [2.45, 2.75) is 119 Å². The molecule has 0 radical (unpaired) electrons. The van der Waals surface area contributed by atoms with Gasteiger partial charge in [-0.3, -0.25) is 19.2 Å². The van der Waals surface area contributed by atoms with E-state index in [-0.39, 0.29) is 37.9 Å². The Morgan fingerprint density at radius 2 is 1.70 bits per heavy atom. The number of rotatable bonds is 0. The van der Waals surface area contributed by atoms with Crippen LogP contribution in [0.2, 0.25) is 0 Å². The number of aliphatic hydroxyl groups is 2. The molecule has 218 valence electrons. The molecule has 14 unspecified atom stereocenters. The summed E-state index contributed by atoms with van der Waals surface area (Å²) in [6.45, 7) is 8.87. The van der Waals surface area contributed by atoms with Crippen LogP contribution in [0.5, 0.6) is 0 Å². The van der Waals surface area contributed by atoms with E-state index in [1.165, 1.54) is 0 Å². The van der Waals surface area contributed by atoms with E-state index in [4.69, 9.17) is 23.7 Å². The second-order valence-electron chi connectivity index (χ2n) is 14.7. The quantitative estimate of drug-likeness (QED) is 0.400. The molecule has 8 fully saturated rings. The predicted molar refractivity (Wildman–Crippen MR) is 130 cm³/mol. The fraction of sp³-hybridized carbons (Fsp3) is 0.862. The first-order valence-corrected chi connectivity index (χ1v) is 14.5. The molecule has 6 aliphatic heterocycles. The van der Waals surface area contributed by atoms with Crippen molar-refractivity contribution in [3.8, 4) is 0 Å². The van der Waals surface area contributed by atoms with Crippen LogP contribution in [0.1, 0.15) is 66.7 Å². The molecule has 0 aromatic heterocycles. The highest BCUT2D eigenvalue weighted by Crippen LogP contribution is 2.71. The topological polar surface area (TPSA) is 155 Å². The van der Waals surface area contributed by atoms with Crippen molar-refractivity contribution in [2.24, 2.45) is 35.0 Å². The summed E-state index contributed by atoms with van der Waals surface area (Å²) in [5.74, 6) is -8.20. The Morgan fingerprint density at radius 3 is 2.42 bits per heavy atom. The highest BCUT2D eigenvalue weighted by atomic mass is 16.7. The van der Waals surface area contributed by atoms with Gasteiger partial charge in [-0.05, 0) is 47.0 Å². The first-order valence-electron chi connectivity index (χ1n) is 14.5. The summed E-state index contributed by atoms with van der Waals surface area (Å²) in [5, 5.41) is 24.1. The van der Waals surface area contributed by atoms with Crippen LogP contribution in [0.25, 0.3) is 0 Å². The molecular weight excluding hydrogens is 524 g/mol. The van der Waals surface area contributed by atoms with Crippen LogP contribution in [0.15, 0.2) is 0 Å². The molecule has 2 saturated carbocycles. The van der Waals surface area contributed by atoms with Gasteiger partial charge in [0.25, 0.3) is 0 Å². The molecule has 40 heavy (non-hydrogen) atoms. The van der Waals surface area contributed by atoms with E-state index in [1.807, 2.05) is 13.8 Å². The van der Waals surface area contributed by atoms with Crippen LogP contribution in [-0.2, 0) is 42.9 Å². The highest BCUT2D eigenvalue weighted by molar-refractivity contribution is 6.00. The lowest BCUT2D eigenvalue weighted by atomic mass is 9.62. The number of ketones is 2. The van der Waals surface area contributed by atoms with Crippen LogP contribution in [0, 0.1) is 35.0 Å². The van der Waals surface area contributed by atoms with E-state index in [9.17, 15) is 29.4 Å². The number of esters is 2. The number of Topliss-reactive ketones (excluding diaryl/α,β-unsaturated/α-hetero) is 2. The molecule has 0 aromatic carbocycles. The number of fused-ring (bicyclic) bond motifs is 7. The molecule has 2 aliphatic carbocycles. The number of ether oxygens (including phenoxy) is 5. The summed E-state index contributed by atoms with van der Waals surface area (Å²) in [7, 11) is 0. The summed E-state index contributed by atoms with van der Waals surface area (Å²) < 4.78 is 31.0. The second kappa shape index (κ2) is 6.99. The standard InChI is InChI=1S/C29H36O11/c1-11-18-19(36-22(11)33)17-20-25(4,23(34)26(17,5)39-18)6-7-27-10-28-13(24(2,3)37-14(28)9-15(31)38-28)8-12(30)16(27)21(32)29(20,35)40-27/h11-14,16-20,30,35H,6-10H2,1-5H3. The summed E-state index contributed by atoms with van der Waals surface area (Å²) in [5.41, 5.74) is -5.87.